The van der Waals surface area contributed by atoms with Crippen LogP contribution < -0.4 is 0 Å². The van der Waals surface area contributed by atoms with Crippen molar-refractivity contribution in [2.24, 2.45) is 0 Å². The molecule has 1 aliphatic heterocycles. The molecule has 1 aliphatic rings. The second-order valence-electron chi connectivity index (χ2n) is 4.13. The highest BCUT2D eigenvalue weighted by atomic mass is 16.5. The first-order valence-electron chi connectivity index (χ1n) is 5.71. The van der Waals surface area contributed by atoms with Crippen LogP contribution in [0.2, 0.25) is 0 Å². The third-order valence-electron chi connectivity index (χ3n) is 2.55. The fraction of sp³-hybridized carbons (Fsp3) is 0.750. The van der Waals surface area contributed by atoms with Gasteiger partial charge in [0.05, 0.1) is 6.10 Å². The molecule has 0 bridgehead atoms. The summed E-state index contributed by atoms with van der Waals surface area (Å²) in [6, 6.07) is 0. The van der Waals surface area contributed by atoms with Crippen LogP contribution in [0.25, 0.3) is 0 Å². The van der Waals surface area contributed by atoms with Crippen LogP contribution in [0, 0.1) is 0 Å². The van der Waals surface area contributed by atoms with E-state index in [1.54, 1.807) is 0 Å². The SMILES string of the molecule is CC1CC=CCCC(O)CCCC(=O)O1. The summed E-state index contributed by atoms with van der Waals surface area (Å²) in [5.74, 6) is -0.149. The van der Waals surface area contributed by atoms with Crippen LogP contribution in [0.5, 0.6) is 0 Å². The highest BCUT2D eigenvalue weighted by Gasteiger charge is 2.10. The molecule has 2 atom stereocenters. The van der Waals surface area contributed by atoms with Gasteiger partial charge in [0.15, 0.2) is 0 Å². The van der Waals surface area contributed by atoms with Crippen molar-refractivity contribution in [1.82, 2.24) is 0 Å². The number of aliphatic hydroxyl groups excluding tert-OH is 1. The van der Waals surface area contributed by atoms with Crippen molar-refractivity contribution in [3.05, 3.63) is 12.2 Å². The van der Waals surface area contributed by atoms with E-state index in [0.29, 0.717) is 12.8 Å². The van der Waals surface area contributed by atoms with Crippen molar-refractivity contribution in [2.75, 3.05) is 0 Å². The first-order valence-corrected chi connectivity index (χ1v) is 5.71. The number of esters is 1. The summed E-state index contributed by atoms with van der Waals surface area (Å²) < 4.78 is 5.19. The Morgan fingerprint density at radius 1 is 1.40 bits per heavy atom. The minimum atomic E-state index is -0.278. The second kappa shape index (κ2) is 6.62. The quantitative estimate of drug-likeness (QED) is 0.494. The van der Waals surface area contributed by atoms with E-state index >= 15 is 0 Å². The van der Waals surface area contributed by atoms with Crippen LogP contribution in [0.1, 0.15) is 45.4 Å². The molecular weight excluding hydrogens is 192 g/mol. The number of ether oxygens (including phenoxy) is 1. The normalized spacial score (nSPS) is 30.1. The molecule has 0 aliphatic carbocycles. The predicted molar refractivity (Wildman–Crippen MR) is 58.4 cm³/mol. The fourth-order valence-corrected chi connectivity index (χ4v) is 1.65. The Hall–Kier alpha value is -0.830. The van der Waals surface area contributed by atoms with Gasteiger partial charge in [0.2, 0.25) is 0 Å². The molecule has 0 saturated carbocycles. The van der Waals surface area contributed by atoms with Crippen molar-refractivity contribution in [3.8, 4) is 0 Å². The molecule has 0 saturated heterocycles. The molecule has 15 heavy (non-hydrogen) atoms. The summed E-state index contributed by atoms with van der Waals surface area (Å²) in [4.78, 5) is 11.3. The number of cyclic esters (lactones) is 1. The minimum Gasteiger partial charge on any atom is -0.462 e. The van der Waals surface area contributed by atoms with Gasteiger partial charge in [-0.15, -0.1) is 0 Å². The monoisotopic (exact) mass is 212 g/mol. The van der Waals surface area contributed by atoms with Crippen LogP contribution >= 0.6 is 0 Å². The molecule has 86 valence electrons. The Morgan fingerprint density at radius 2 is 2.20 bits per heavy atom. The summed E-state index contributed by atoms with van der Waals surface area (Å²) in [5, 5.41) is 9.55. The summed E-state index contributed by atoms with van der Waals surface area (Å²) >= 11 is 0. The zero-order valence-electron chi connectivity index (χ0n) is 9.32. The Balaban J connectivity index is 2.44. The highest BCUT2D eigenvalue weighted by Crippen LogP contribution is 2.11. The molecule has 1 heterocycles. The molecule has 0 spiro atoms. The lowest BCUT2D eigenvalue weighted by molar-refractivity contribution is -0.148. The third-order valence-corrected chi connectivity index (χ3v) is 2.55. The van der Waals surface area contributed by atoms with Crippen molar-refractivity contribution in [2.45, 2.75) is 57.7 Å². The zero-order chi connectivity index (χ0) is 11.1. The molecule has 2 unspecified atom stereocenters. The lowest BCUT2D eigenvalue weighted by Gasteiger charge is -2.13. The molecule has 0 aromatic heterocycles. The topological polar surface area (TPSA) is 46.5 Å². The van der Waals surface area contributed by atoms with Gasteiger partial charge in [-0.1, -0.05) is 12.2 Å². The first kappa shape index (κ1) is 12.2. The second-order valence-corrected chi connectivity index (χ2v) is 4.13. The van der Waals surface area contributed by atoms with Crippen molar-refractivity contribution in [3.63, 3.8) is 0 Å². The molecule has 1 rings (SSSR count). The van der Waals surface area contributed by atoms with Gasteiger partial charge in [-0.25, -0.2) is 0 Å². The van der Waals surface area contributed by atoms with Crippen LogP contribution in [0.4, 0.5) is 0 Å². The molecule has 3 heteroatoms. The maximum Gasteiger partial charge on any atom is 0.306 e. The van der Waals surface area contributed by atoms with E-state index in [4.69, 9.17) is 4.74 Å². The van der Waals surface area contributed by atoms with Gasteiger partial charge in [-0.3, -0.25) is 4.79 Å². The third kappa shape index (κ3) is 5.57. The first-order chi connectivity index (χ1) is 7.18. The molecule has 0 aromatic carbocycles. The van der Waals surface area contributed by atoms with Gasteiger partial charge in [-0.2, -0.15) is 0 Å². The molecule has 1 N–H and O–H groups in total. The summed E-state index contributed by atoms with van der Waals surface area (Å²) in [5.41, 5.74) is 0. The van der Waals surface area contributed by atoms with E-state index in [2.05, 4.69) is 6.08 Å². The molecule has 0 fully saturated rings. The molecule has 0 radical (unpaired) electrons. The summed E-state index contributed by atoms with van der Waals surface area (Å²) in [6.45, 7) is 1.91. The Bertz CT molecular complexity index is 223. The zero-order valence-corrected chi connectivity index (χ0v) is 9.32. The minimum absolute atomic E-state index is 0.0295. The van der Waals surface area contributed by atoms with E-state index < -0.39 is 0 Å². The van der Waals surface area contributed by atoms with Gasteiger partial charge in [0, 0.05) is 12.8 Å². The number of aliphatic hydroxyl groups is 1. The molecule has 0 amide bonds. The number of allylic oxidation sites excluding steroid dienone is 1. The molecular formula is C12H20O3. The largest absolute Gasteiger partial charge is 0.462 e. The average molecular weight is 212 g/mol. The van der Waals surface area contributed by atoms with Crippen molar-refractivity contribution in [1.29, 1.82) is 0 Å². The lowest BCUT2D eigenvalue weighted by atomic mass is 10.1. The highest BCUT2D eigenvalue weighted by molar-refractivity contribution is 5.69. The van der Waals surface area contributed by atoms with E-state index in [9.17, 15) is 9.90 Å². The Morgan fingerprint density at radius 3 is 3.00 bits per heavy atom. The maximum absolute atomic E-state index is 11.3. The van der Waals surface area contributed by atoms with Crippen LogP contribution in [-0.2, 0) is 9.53 Å². The smallest absolute Gasteiger partial charge is 0.306 e. The summed E-state index contributed by atoms with van der Waals surface area (Å²) in [6.07, 6.45) is 8.06. The number of carbonyl (C=O) groups excluding carboxylic acids is 1. The standard InChI is InChI=1S/C12H20O3/c1-10-6-3-2-4-7-11(13)8-5-9-12(14)15-10/h2-3,10-11,13H,4-9H2,1H3. The van der Waals surface area contributed by atoms with Crippen molar-refractivity contribution >= 4 is 5.97 Å². The summed E-state index contributed by atoms with van der Waals surface area (Å²) in [7, 11) is 0. The van der Waals surface area contributed by atoms with E-state index in [0.717, 1.165) is 25.7 Å². The maximum atomic E-state index is 11.3. The van der Waals surface area contributed by atoms with Gasteiger partial charge in [0.1, 0.15) is 6.10 Å². The van der Waals surface area contributed by atoms with Crippen LogP contribution in [0.3, 0.4) is 0 Å². The predicted octanol–water partition coefficient (Wildman–Crippen LogP) is 2.19. The number of hydrogen-bond donors (Lipinski definition) is 1. The van der Waals surface area contributed by atoms with E-state index in [1.807, 2.05) is 13.0 Å². The molecule has 3 nitrogen and oxygen atoms in total. The van der Waals surface area contributed by atoms with Gasteiger partial charge in [0.25, 0.3) is 0 Å². The van der Waals surface area contributed by atoms with Gasteiger partial charge in [-0.05, 0) is 32.6 Å². The number of rotatable bonds is 0. The van der Waals surface area contributed by atoms with E-state index in [1.165, 1.54) is 0 Å². The average Bonchev–Trinajstić information content (AvgIpc) is 2.15. The number of carbonyl (C=O) groups is 1. The Kier molecular flexibility index (Phi) is 5.40. The van der Waals surface area contributed by atoms with E-state index in [-0.39, 0.29) is 18.2 Å². The van der Waals surface area contributed by atoms with Gasteiger partial charge >= 0.3 is 5.97 Å². The number of hydrogen-bond acceptors (Lipinski definition) is 3. The van der Waals surface area contributed by atoms with Crippen LogP contribution in [-0.4, -0.2) is 23.3 Å². The van der Waals surface area contributed by atoms with Gasteiger partial charge < -0.3 is 9.84 Å². The Labute approximate surface area is 91.1 Å². The van der Waals surface area contributed by atoms with Crippen molar-refractivity contribution < 1.29 is 14.6 Å². The molecule has 0 aromatic rings. The fourth-order valence-electron chi connectivity index (χ4n) is 1.65. The lowest BCUT2D eigenvalue weighted by Crippen LogP contribution is -2.15. The van der Waals surface area contributed by atoms with Crippen LogP contribution in [0.15, 0.2) is 12.2 Å².